The minimum Gasteiger partial charge on any atom is -0.383 e. The smallest absolute Gasteiger partial charge is 0.255 e. The fraction of sp³-hybridized carbons (Fsp3) is 0.270. The Kier molecular flexibility index (Phi) is 14.6. The number of amides is 3. The maximum Gasteiger partial charge on any atom is 0.255 e. The van der Waals surface area contributed by atoms with Crippen LogP contribution in [0.15, 0.2) is 78.9 Å². The summed E-state index contributed by atoms with van der Waals surface area (Å²) in [6.45, 7) is 10.6. The van der Waals surface area contributed by atoms with Crippen LogP contribution < -0.4 is 32.7 Å². The highest BCUT2D eigenvalue weighted by Crippen LogP contribution is 2.22. The van der Waals surface area contributed by atoms with E-state index in [4.69, 9.17) is 11.5 Å². The standard InChI is InChI=1S/C19H25N3OS.C18H21N3O2S/c1-12-5-4-6-17(14(12)3)22-19(23)15-8-7-13(2)18(9-15)21-10-16(20)11-24;1-11-5-3-8-16(12(11)2)21-17(22)13-6-4-7-14(9-13)20-18(23)15(19)10-24/h4-9,16,21,24H,10-11,20H2,1-3H3,(H,22,23);3-9,15,24H,10,19H2,1-2H3,(H,20,23)(H,21,22). The van der Waals surface area contributed by atoms with Gasteiger partial charge in [-0.2, -0.15) is 25.3 Å². The number of carbonyl (C=O) groups is 3. The summed E-state index contributed by atoms with van der Waals surface area (Å²) in [7, 11) is 0. The molecule has 0 aliphatic carbocycles. The SMILES string of the molecule is Cc1ccc(C(=O)Nc2cccc(C)c2C)cc1NCC(N)CS.Cc1cccc(NC(=O)c2cccc(NC(=O)C(N)CS)c2)c1C. The molecule has 254 valence electrons. The zero-order valence-electron chi connectivity index (χ0n) is 28.1. The highest BCUT2D eigenvalue weighted by molar-refractivity contribution is 7.80. The number of anilines is 4. The van der Waals surface area contributed by atoms with Crippen molar-refractivity contribution in [2.24, 2.45) is 11.5 Å². The third kappa shape index (κ3) is 10.9. The Morgan fingerprint density at radius 2 is 1.17 bits per heavy atom. The van der Waals surface area contributed by atoms with Crippen LogP contribution in [0.3, 0.4) is 0 Å². The van der Waals surface area contributed by atoms with Crippen molar-refractivity contribution < 1.29 is 14.4 Å². The Balaban J connectivity index is 0.000000260. The Morgan fingerprint density at radius 3 is 1.71 bits per heavy atom. The molecule has 0 aromatic heterocycles. The molecule has 4 rings (SSSR count). The summed E-state index contributed by atoms with van der Waals surface area (Å²) in [6, 6.07) is 23.3. The number of hydrogen-bond donors (Lipinski definition) is 8. The topological polar surface area (TPSA) is 151 Å². The molecule has 2 unspecified atom stereocenters. The number of nitrogens with one attached hydrogen (secondary N) is 4. The fourth-order valence-electron chi connectivity index (χ4n) is 4.48. The van der Waals surface area contributed by atoms with Gasteiger partial charge in [0.05, 0.1) is 6.04 Å². The molecule has 0 spiro atoms. The van der Waals surface area contributed by atoms with Crippen molar-refractivity contribution in [2.75, 3.05) is 39.3 Å². The number of nitrogens with two attached hydrogens (primary N) is 2. The van der Waals surface area contributed by atoms with Gasteiger partial charge in [-0.1, -0.05) is 36.4 Å². The summed E-state index contributed by atoms with van der Waals surface area (Å²) in [5.74, 6) is 0.165. The molecule has 0 bridgehead atoms. The summed E-state index contributed by atoms with van der Waals surface area (Å²) in [4.78, 5) is 36.8. The van der Waals surface area contributed by atoms with Crippen LogP contribution >= 0.6 is 25.3 Å². The van der Waals surface area contributed by atoms with Gasteiger partial charge in [0.15, 0.2) is 0 Å². The highest BCUT2D eigenvalue weighted by atomic mass is 32.1. The first kappa shape index (κ1) is 38.2. The summed E-state index contributed by atoms with van der Waals surface area (Å²) in [5.41, 5.74) is 21.1. The van der Waals surface area contributed by atoms with Crippen LogP contribution in [0.4, 0.5) is 22.7 Å². The van der Waals surface area contributed by atoms with E-state index in [9.17, 15) is 14.4 Å². The van der Waals surface area contributed by atoms with Gasteiger partial charge in [-0.15, -0.1) is 0 Å². The lowest BCUT2D eigenvalue weighted by Crippen LogP contribution is -2.37. The number of thiol groups is 2. The number of benzene rings is 4. The first-order valence-corrected chi connectivity index (χ1v) is 16.8. The molecule has 0 radical (unpaired) electrons. The molecule has 48 heavy (non-hydrogen) atoms. The number of aryl methyl sites for hydroxylation is 3. The average Bonchev–Trinajstić information content (AvgIpc) is 3.08. The molecule has 8 N–H and O–H groups in total. The van der Waals surface area contributed by atoms with E-state index in [0.29, 0.717) is 29.1 Å². The van der Waals surface area contributed by atoms with Crippen LogP contribution in [-0.4, -0.2) is 47.9 Å². The van der Waals surface area contributed by atoms with E-state index in [1.54, 1.807) is 24.3 Å². The van der Waals surface area contributed by atoms with Crippen molar-refractivity contribution >= 4 is 65.7 Å². The van der Waals surface area contributed by atoms with Crippen molar-refractivity contribution in [1.29, 1.82) is 0 Å². The largest absolute Gasteiger partial charge is 0.383 e. The molecule has 0 fully saturated rings. The zero-order chi connectivity index (χ0) is 35.4. The van der Waals surface area contributed by atoms with Gasteiger partial charge in [0, 0.05) is 58.0 Å². The minimum absolute atomic E-state index is 0.0276. The van der Waals surface area contributed by atoms with Gasteiger partial charge in [-0.3, -0.25) is 14.4 Å². The predicted octanol–water partition coefficient (Wildman–Crippen LogP) is 6.28. The molecule has 0 aliphatic rings. The van der Waals surface area contributed by atoms with Gasteiger partial charge in [0.2, 0.25) is 5.91 Å². The second-order valence-corrected chi connectivity index (χ2v) is 12.3. The van der Waals surface area contributed by atoms with E-state index in [-0.39, 0.29) is 29.5 Å². The van der Waals surface area contributed by atoms with Crippen LogP contribution in [-0.2, 0) is 4.79 Å². The Morgan fingerprint density at radius 1 is 0.625 bits per heavy atom. The maximum atomic E-state index is 12.6. The van der Waals surface area contributed by atoms with Crippen molar-refractivity contribution in [3.63, 3.8) is 0 Å². The summed E-state index contributed by atoms with van der Waals surface area (Å²) < 4.78 is 0. The van der Waals surface area contributed by atoms with Crippen LogP contribution in [0, 0.1) is 34.6 Å². The highest BCUT2D eigenvalue weighted by Gasteiger charge is 2.14. The number of carbonyl (C=O) groups excluding carboxylic acids is 3. The first-order chi connectivity index (χ1) is 22.8. The summed E-state index contributed by atoms with van der Waals surface area (Å²) >= 11 is 8.18. The third-order valence-corrected chi connectivity index (χ3v) is 8.78. The minimum atomic E-state index is -0.694. The zero-order valence-corrected chi connectivity index (χ0v) is 29.8. The second kappa shape index (κ2) is 18.3. The summed E-state index contributed by atoms with van der Waals surface area (Å²) in [5, 5.41) is 11.8. The van der Waals surface area contributed by atoms with Crippen LogP contribution in [0.2, 0.25) is 0 Å². The molecule has 0 aliphatic heterocycles. The molecule has 0 heterocycles. The fourth-order valence-corrected chi connectivity index (χ4v) is 4.77. The van der Waals surface area contributed by atoms with Crippen molar-refractivity contribution in [3.8, 4) is 0 Å². The average molecular weight is 687 g/mol. The molecular formula is C37H46N6O3S2. The van der Waals surface area contributed by atoms with Crippen molar-refractivity contribution in [1.82, 2.24) is 0 Å². The molecule has 9 nitrogen and oxygen atoms in total. The van der Waals surface area contributed by atoms with Crippen LogP contribution in [0.25, 0.3) is 0 Å². The third-order valence-electron chi connectivity index (χ3n) is 7.92. The quantitative estimate of drug-likeness (QED) is 0.0870. The van der Waals surface area contributed by atoms with Gasteiger partial charge in [0.25, 0.3) is 11.8 Å². The normalized spacial score (nSPS) is 11.8. The summed E-state index contributed by atoms with van der Waals surface area (Å²) in [6.07, 6.45) is 0. The molecule has 11 heteroatoms. The lowest BCUT2D eigenvalue weighted by atomic mass is 10.1. The molecule has 0 saturated carbocycles. The Hall–Kier alpha value is -4.29. The van der Waals surface area contributed by atoms with Gasteiger partial charge < -0.3 is 32.7 Å². The van der Waals surface area contributed by atoms with Gasteiger partial charge >= 0.3 is 0 Å². The van der Waals surface area contributed by atoms with E-state index >= 15 is 0 Å². The Labute approximate surface area is 294 Å². The molecule has 4 aromatic rings. The molecule has 4 aromatic carbocycles. The van der Waals surface area contributed by atoms with E-state index in [2.05, 4.69) is 46.5 Å². The van der Waals surface area contributed by atoms with Crippen molar-refractivity contribution in [3.05, 3.63) is 118 Å². The molecular weight excluding hydrogens is 641 g/mol. The maximum absolute atomic E-state index is 12.6. The van der Waals surface area contributed by atoms with E-state index in [1.807, 2.05) is 89.2 Å². The molecule has 3 amide bonds. The number of hydrogen-bond acceptors (Lipinski definition) is 8. The molecule has 0 saturated heterocycles. The lowest BCUT2D eigenvalue weighted by Gasteiger charge is -2.15. The van der Waals surface area contributed by atoms with E-state index < -0.39 is 6.04 Å². The lowest BCUT2D eigenvalue weighted by molar-refractivity contribution is -0.116. The monoisotopic (exact) mass is 686 g/mol. The van der Waals surface area contributed by atoms with E-state index in [0.717, 1.165) is 44.9 Å². The van der Waals surface area contributed by atoms with Gasteiger partial charge in [-0.25, -0.2) is 0 Å². The van der Waals surface area contributed by atoms with E-state index in [1.165, 1.54) is 0 Å². The predicted molar refractivity (Wildman–Crippen MR) is 206 cm³/mol. The molecule has 2 atom stereocenters. The number of rotatable bonds is 11. The first-order valence-electron chi connectivity index (χ1n) is 15.6. The van der Waals surface area contributed by atoms with Crippen molar-refractivity contribution in [2.45, 2.75) is 46.7 Å². The Bertz CT molecular complexity index is 1750. The van der Waals surface area contributed by atoms with Crippen LogP contribution in [0.1, 0.15) is 48.5 Å². The second-order valence-electron chi connectivity index (χ2n) is 11.6. The van der Waals surface area contributed by atoms with Gasteiger partial charge in [0.1, 0.15) is 0 Å². The van der Waals surface area contributed by atoms with Gasteiger partial charge in [-0.05, 0) is 105 Å². The van der Waals surface area contributed by atoms with Crippen LogP contribution in [0.5, 0.6) is 0 Å².